The molecule has 0 aliphatic carbocycles. The molecule has 2 amide bonds. The summed E-state index contributed by atoms with van der Waals surface area (Å²) < 4.78 is 49.4. The van der Waals surface area contributed by atoms with Gasteiger partial charge in [-0.3, -0.25) is 9.59 Å². The smallest absolute Gasteiger partial charge is 0.416 e. The third-order valence-corrected chi connectivity index (χ3v) is 5.21. The summed E-state index contributed by atoms with van der Waals surface area (Å²) in [5.41, 5.74) is 2.08. The first kappa shape index (κ1) is 26.8. The number of hydrazone groups is 1. The zero-order valence-corrected chi connectivity index (χ0v) is 20.0. The predicted octanol–water partition coefficient (Wildman–Crippen LogP) is 5.69. The summed E-state index contributed by atoms with van der Waals surface area (Å²) in [6, 6.07) is 13.7. The lowest BCUT2D eigenvalue weighted by molar-refractivity contribution is -0.137. The van der Waals surface area contributed by atoms with Gasteiger partial charge in [0.15, 0.2) is 11.5 Å². The average Bonchev–Trinajstić information content (AvgIpc) is 2.83. The Balaban J connectivity index is 1.58. The maximum Gasteiger partial charge on any atom is 0.416 e. The molecule has 0 unspecified atom stereocenters. The van der Waals surface area contributed by atoms with Crippen LogP contribution in [0.25, 0.3) is 0 Å². The number of anilines is 1. The minimum atomic E-state index is -4.59. The number of rotatable bonds is 7. The van der Waals surface area contributed by atoms with Crippen molar-refractivity contribution < 1.29 is 32.2 Å². The van der Waals surface area contributed by atoms with E-state index in [0.717, 1.165) is 17.7 Å². The van der Waals surface area contributed by atoms with E-state index in [-0.39, 0.29) is 12.3 Å². The summed E-state index contributed by atoms with van der Waals surface area (Å²) in [6.45, 7) is 0.164. The monoisotopic (exact) mass is 539 g/mol. The Labute approximate surface area is 213 Å². The predicted molar refractivity (Wildman–Crippen MR) is 130 cm³/mol. The standard InChI is InChI=1S/C24H18Cl2F3N3O4/c1-35-21-9-14(5-8-20(21)36-13-15-6-7-17(25)11-19(15)26)12-30-32-23(34)22(33)31-18-4-2-3-16(10-18)24(27,28)29/h2-12H,13H2,1H3,(H,31,33)(H,32,34)/b30-12-. The summed E-state index contributed by atoms with van der Waals surface area (Å²) >= 11 is 12.0. The Bertz CT molecular complexity index is 1300. The number of halogens is 5. The van der Waals surface area contributed by atoms with Gasteiger partial charge in [-0.25, -0.2) is 5.43 Å². The molecular weight excluding hydrogens is 522 g/mol. The van der Waals surface area contributed by atoms with Crippen LogP contribution in [0.2, 0.25) is 10.0 Å². The topological polar surface area (TPSA) is 89.0 Å². The fourth-order valence-electron chi connectivity index (χ4n) is 2.86. The van der Waals surface area contributed by atoms with E-state index < -0.39 is 23.6 Å². The molecule has 0 saturated carbocycles. The number of carbonyl (C=O) groups excluding carboxylic acids is 2. The van der Waals surface area contributed by atoms with Crippen LogP contribution in [-0.2, 0) is 22.4 Å². The second-order valence-corrected chi connectivity index (χ2v) is 8.01. The molecule has 0 bridgehead atoms. The summed E-state index contributed by atoms with van der Waals surface area (Å²) in [5, 5.41) is 6.73. The number of hydrogen-bond donors (Lipinski definition) is 2. The molecule has 0 fully saturated rings. The van der Waals surface area contributed by atoms with Gasteiger partial charge < -0.3 is 14.8 Å². The van der Waals surface area contributed by atoms with Gasteiger partial charge in [0, 0.05) is 21.3 Å². The number of amides is 2. The molecular formula is C24H18Cl2F3N3O4. The van der Waals surface area contributed by atoms with E-state index in [9.17, 15) is 22.8 Å². The second kappa shape index (κ2) is 11.8. The molecule has 0 spiro atoms. The molecule has 12 heteroatoms. The third kappa shape index (κ3) is 7.37. The fourth-order valence-corrected chi connectivity index (χ4v) is 3.32. The van der Waals surface area contributed by atoms with Crippen LogP contribution in [0, 0.1) is 0 Å². The minimum Gasteiger partial charge on any atom is -0.493 e. The number of methoxy groups -OCH3 is 1. The molecule has 3 aromatic rings. The van der Waals surface area contributed by atoms with Crippen LogP contribution in [0.1, 0.15) is 16.7 Å². The molecule has 0 aliphatic rings. The molecule has 36 heavy (non-hydrogen) atoms. The molecule has 188 valence electrons. The first-order valence-electron chi connectivity index (χ1n) is 10.1. The fraction of sp³-hybridized carbons (Fsp3) is 0.125. The minimum absolute atomic E-state index is 0.164. The third-order valence-electron chi connectivity index (χ3n) is 4.62. The maximum atomic E-state index is 12.8. The lowest BCUT2D eigenvalue weighted by Gasteiger charge is -2.12. The van der Waals surface area contributed by atoms with E-state index in [2.05, 4.69) is 10.4 Å². The quantitative estimate of drug-likeness (QED) is 0.229. The van der Waals surface area contributed by atoms with Gasteiger partial charge in [0.05, 0.1) is 18.9 Å². The largest absolute Gasteiger partial charge is 0.493 e. The molecule has 3 rings (SSSR count). The highest BCUT2D eigenvalue weighted by Gasteiger charge is 2.30. The number of nitrogens with one attached hydrogen (secondary N) is 2. The summed E-state index contributed by atoms with van der Waals surface area (Å²) in [5.74, 6) is -1.56. The Morgan fingerprint density at radius 2 is 1.78 bits per heavy atom. The molecule has 0 heterocycles. The van der Waals surface area contributed by atoms with E-state index in [1.807, 2.05) is 5.43 Å². The zero-order valence-electron chi connectivity index (χ0n) is 18.5. The van der Waals surface area contributed by atoms with Crippen LogP contribution < -0.4 is 20.2 Å². The van der Waals surface area contributed by atoms with Gasteiger partial charge in [-0.05, 0) is 54.1 Å². The first-order valence-corrected chi connectivity index (χ1v) is 10.9. The van der Waals surface area contributed by atoms with Crippen molar-refractivity contribution in [3.05, 3.63) is 87.4 Å². The lowest BCUT2D eigenvalue weighted by atomic mass is 10.2. The average molecular weight is 540 g/mol. The molecule has 0 radical (unpaired) electrons. The Kier molecular flexibility index (Phi) is 8.78. The molecule has 0 atom stereocenters. The number of alkyl halides is 3. The molecule has 3 aromatic carbocycles. The normalized spacial score (nSPS) is 11.3. The van der Waals surface area contributed by atoms with Gasteiger partial charge in [-0.15, -0.1) is 0 Å². The molecule has 0 saturated heterocycles. The summed E-state index contributed by atoms with van der Waals surface area (Å²) in [7, 11) is 1.44. The first-order chi connectivity index (χ1) is 17.1. The Morgan fingerprint density at radius 1 is 1.00 bits per heavy atom. The van der Waals surface area contributed by atoms with Crippen LogP contribution in [0.5, 0.6) is 11.5 Å². The molecule has 7 nitrogen and oxygen atoms in total. The van der Waals surface area contributed by atoms with Gasteiger partial charge in [0.2, 0.25) is 0 Å². The highest BCUT2D eigenvalue weighted by molar-refractivity contribution is 6.39. The highest BCUT2D eigenvalue weighted by atomic mass is 35.5. The summed E-state index contributed by atoms with van der Waals surface area (Å²) in [6.07, 6.45) is -3.34. The highest BCUT2D eigenvalue weighted by Crippen LogP contribution is 2.31. The van der Waals surface area contributed by atoms with Crippen molar-refractivity contribution in [1.82, 2.24) is 5.43 Å². The molecule has 0 aliphatic heterocycles. The lowest BCUT2D eigenvalue weighted by Crippen LogP contribution is -2.32. The number of benzene rings is 3. The van der Waals surface area contributed by atoms with E-state index in [4.69, 9.17) is 32.7 Å². The van der Waals surface area contributed by atoms with Crippen LogP contribution in [-0.4, -0.2) is 25.1 Å². The zero-order chi connectivity index (χ0) is 26.3. The number of hydrogen-bond acceptors (Lipinski definition) is 5. The van der Waals surface area contributed by atoms with Gasteiger partial charge >= 0.3 is 18.0 Å². The van der Waals surface area contributed by atoms with Crippen LogP contribution >= 0.6 is 23.2 Å². The number of nitrogens with zero attached hydrogens (tertiary/aromatic N) is 1. The number of ether oxygens (including phenoxy) is 2. The second-order valence-electron chi connectivity index (χ2n) is 7.17. The van der Waals surface area contributed by atoms with Crippen molar-refractivity contribution in [2.75, 3.05) is 12.4 Å². The van der Waals surface area contributed by atoms with E-state index in [1.54, 1.807) is 36.4 Å². The van der Waals surface area contributed by atoms with Crippen molar-refractivity contribution in [1.29, 1.82) is 0 Å². The van der Waals surface area contributed by atoms with Crippen molar-refractivity contribution >= 4 is 46.9 Å². The van der Waals surface area contributed by atoms with E-state index in [0.29, 0.717) is 33.2 Å². The van der Waals surface area contributed by atoms with Crippen LogP contribution in [0.4, 0.5) is 18.9 Å². The maximum absolute atomic E-state index is 12.8. The van der Waals surface area contributed by atoms with Crippen LogP contribution in [0.15, 0.2) is 65.8 Å². The van der Waals surface area contributed by atoms with Gasteiger partial charge in [0.25, 0.3) is 0 Å². The SMILES string of the molecule is COc1cc(/C=N\NC(=O)C(=O)Nc2cccc(C(F)(F)F)c2)ccc1OCc1ccc(Cl)cc1Cl. The van der Waals surface area contributed by atoms with Gasteiger partial charge in [0.1, 0.15) is 6.61 Å². The van der Waals surface area contributed by atoms with E-state index in [1.165, 1.54) is 19.4 Å². The Morgan fingerprint density at radius 3 is 2.47 bits per heavy atom. The van der Waals surface area contributed by atoms with Crippen molar-refractivity contribution in [2.45, 2.75) is 12.8 Å². The molecule has 0 aromatic heterocycles. The van der Waals surface area contributed by atoms with Crippen molar-refractivity contribution in [3.63, 3.8) is 0 Å². The number of carbonyl (C=O) groups is 2. The van der Waals surface area contributed by atoms with Crippen molar-refractivity contribution in [2.24, 2.45) is 5.10 Å². The van der Waals surface area contributed by atoms with Gasteiger partial charge in [-0.2, -0.15) is 18.3 Å². The van der Waals surface area contributed by atoms with Crippen LogP contribution in [0.3, 0.4) is 0 Å². The van der Waals surface area contributed by atoms with Crippen molar-refractivity contribution in [3.8, 4) is 11.5 Å². The molecule has 2 N–H and O–H groups in total. The summed E-state index contributed by atoms with van der Waals surface area (Å²) in [4.78, 5) is 23.9. The van der Waals surface area contributed by atoms with E-state index >= 15 is 0 Å². The Hall–Kier alpha value is -3.76. The van der Waals surface area contributed by atoms with Gasteiger partial charge in [-0.1, -0.05) is 35.3 Å².